The van der Waals surface area contributed by atoms with E-state index in [4.69, 9.17) is 5.73 Å². The summed E-state index contributed by atoms with van der Waals surface area (Å²) in [6, 6.07) is 0. The number of nitrogens with two attached hydrogens (primary N) is 1. The van der Waals surface area contributed by atoms with Gasteiger partial charge in [-0.3, -0.25) is 9.79 Å². The predicted molar refractivity (Wildman–Crippen MR) is 101 cm³/mol. The van der Waals surface area contributed by atoms with Crippen molar-refractivity contribution in [2.45, 2.75) is 38.5 Å². The van der Waals surface area contributed by atoms with Gasteiger partial charge >= 0.3 is 0 Å². The second-order valence-electron chi connectivity index (χ2n) is 6.55. The largest absolute Gasteiger partial charge is 0.369 e. The molecule has 24 heavy (non-hydrogen) atoms. The quantitative estimate of drug-likeness (QED) is 0.274. The number of carbonyl (C=O) groups excluding carboxylic acids is 1. The maximum absolute atomic E-state index is 11.2. The molecule has 1 heterocycles. The summed E-state index contributed by atoms with van der Waals surface area (Å²) < 4.78 is 0. The van der Waals surface area contributed by atoms with Crippen LogP contribution >= 0.6 is 0 Å². The Bertz CT molecular complexity index is 402. The van der Waals surface area contributed by atoms with Crippen molar-refractivity contribution in [1.29, 1.82) is 0 Å². The first kappa shape index (κ1) is 20.5. The molecule has 0 atom stereocenters. The number of piperidine rings is 1. The van der Waals surface area contributed by atoms with E-state index in [2.05, 4.69) is 33.7 Å². The van der Waals surface area contributed by atoms with Gasteiger partial charge < -0.3 is 20.9 Å². The standard InChI is InChI=1S/C18H35N5O/c1-4-5-7-12-22(3)18(20-2)21-11-6-8-13-23-14-9-16(10-15-23)17(19)24/h4,16H,1,5-15H2,2-3H3,(H2,19,24)(H,20,21). The molecule has 1 rings (SSSR count). The summed E-state index contributed by atoms with van der Waals surface area (Å²) in [6.45, 7) is 8.77. The van der Waals surface area contributed by atoms with Crippen LogP contribution in [-0.4, -0.2) is 68.5 Å². The van der Waals surface area contributed by atoms with Gasteiger partial charge in [0.1, 0.15) is 0 Å². The van der Waals surface area contributed by atoms with E-state index in [1.54, 1.807) is 0 Å². The molecule has 138 valence electrons. The topological polar surface area (TPSA) is 74.0 Å². The molecule has 6 heteroatoms. The zero-order valence-electron chi connectivity index (χ0n) is 15.5. The molecule has 0 aromatic rings. The third-order valence-corrected chi connectivity index (χ3v) is 4.65. The van der Waals surface area contributed by atoms with E-state index in [1.165, 1.54) is 0 Å². The average molecular weight is 338 g/mol. The fraction of sp³-hybridized carbons (Fsp3) is 0.778. The van der Waals surface area contributed by atoms with Crippen LogP contribution in [0.1, 0.15) is 38.5 Å². The number of carbonyl (C=O) groups is 1. The molecule has 0 spiro atoms. The third-order valence-electron chi connectivity index (χ3n) is 4.65. The first-order chi connectivity index (χ1) is 11.6. The fourth-order valence-electron chi connectivity index (χ4n) is 3.07. The zero-order chi connectivity index (χ0) is 17.8. The van der Waals surface area contributed by atoms with Crippen LogP contribution in [0.3, 0.4) is 0 Å². The van der Waals surface area contributed by atoms with Crippen molar-refractivity contribution < 1.29 is 4.79 Å². The van der Waals surface area contributed by atoms with Crippen LogP contribution in [0, 0.1) is 5.92 Å². The minimum atomic E-state index is -0.137. The van der Waals surface area contributed by atoms with Crippen LogP contribution in [0.2, 0.25) is 0 Å². The van der Waals surface area contributed by atoms with Crippen molar-refractivity contribution >= 4 is 11.9 Å². The van der Waals surface area contributed by atoms with E-state index in [9.17, 15) is 4.79 Å². The third kappa shape index (κ3) is 7.81. The number of guanidine groups is 1. The van der Waals surface area contributed by atoms with Gasteiger partial charge in [0.25, 0.3) is 0 Å². The molecule has 3 N–H and O–H groups in total. The maximum atomic E-state index is 11.2. The molecule has 0 radical (unpaired) electrons. The number of nitrogens with zero attached hydrogens (tertiary/aromatic N) is 3. The lowest BCUT2D eigenvalue weighted by molar-refractivity contribution is -0.123. The molecular weight excluding hydrogens is 302 g/mol. The maximum Gasteiger partial charge on any atom is 0.220 e. The number of primary amides is 1. The van der Waals surface area contributed by atoms with Crippen LogP contribution in [-0.2, 0) is 4.79 Å². The number of likely N-dealkylation sites (tertiary alicyclic amines) is 1. The number of amides is 1. The first-order valence-corrected chi connectivity index (χ1v) is 9.12. The Labute approximate surface area is 147 Å². The Morgan fingerprint density at radius 2 is 2.08 bits per heavy atom. The van der Waals surface area contributed by atoms with E-state index in [0.717, 1.165) is 77.2 Å². The summed E-state index contributed by atoms with van der Waals surface area (Å²) >= 11 is 0. The number of nitrogens with one attached hydrogen (secondary N) is 1. The van der Waals surface area contributed by atoms with Gasteiger partial charge in [-0.2, -0.15) is 0 Å². The number of unbranched alkanes of at least 4 members (excludes halogenated alkanes) is 2. The van der Waals surface area contributed by atoms with E-state index in [1.807, 2.05) is 13.1 Å². The van der Waals surface area contributed by atoms with Crippen LogP contribution in [0.4, 0.5) is 0 Å². The van der Waals surface area contributed by atoms with Crippen molar-refractivity contribution in [2.24, 2.45) is 16.6 Å². The molecule has 1 aliphatic rings. The molecule has 0 aliphatic carbocycles. The summed E-state index contributed by atoms with van der Waals surface area (Å²) in [6.07, 6.45) is 8.19. The molecule has 0 aromatic carbocycles. The SMILES string of the molecule is C=CCCCN(C)C(=NC)NCCCCN1CCC(C(N)=O)CC1. The number of hydrogen-bond donors (Lipinski definition) is 2. The molecule has 0 aromatic heterocycles. The van der Waals surface area contributed by atoms with Crippen LogP contribution in [0.5, 0.6) is 0 Å². The molecule has 1 fully saturated rings. The van der Waals surface area contributed by atoms with Gasteiger partial charge in [0, 0.05) is 33.1 Å². The van der Waals surface area contributed by atoms with Crippen molar-refractivity contribution in [3.8, 4) is 0 Å². The number of allylic oxidation sites excluding steroid dienone is 1. The van der Waals surface area contributed by atoms with Gasteiger partial charge in [-0.05, 0) is 58.2 Å². The first-order valence-electron chi connectivity index (χ1n) is 9.12. The van der Waals surface area contributed by atoms with E-state index in [-0.39, 0.29) is 11.8 Å². The van der Waals surface area contributed by atoms with Gasteiger partial charge in [0.15, 0.2) is 5.96 Å². The van der Waals surface area contributed by atoms with Gasteiger partial charge in [-0.1, -0.05) is 6.08 Å². The monoisotopic (exact) mass is 337 g/mol. The molecular formula is C18H35N5O. The average Bonchev–Trinajstić information content (AvgIpc) is 2.58. The van der Waals surface area contributed by atoms with E-state index >= 15 is 0 Å². The smallest absolute Gasteiger partial charge is 0.220 e. The van der Waals surface area contributed by atoms with Crippen molar-refractivity contribution in [2.75, 3.05) is 46.8 Å². The summed E-state index contributed by atoms with van der Waals surface area (Å²) in [5, 5.41) is 3.43. The highest BCUT2D eigenvalue weighted by molar-refractivity contribution is 5.79. The summed E-state index contributed by atoms with van der Waals surface area (Å²) in [4.78, 5) is 20.1. The predicted octanol–water partition coefficient (Wildman–Crippen LogP) is 1.44. The Kier molecular flexibility index (Phi) is 10.2. The zero-order valence-corrected chi connectivity index (χ0v) is 15.5. The summed E-state index contributed by atoms with van der Waals surface area (Å²) in [5.74, 6) is 0.909. The number of hydrogen-bond acceptors (Lipinski definition) is 3. The second-order valence-corrected chi connectivity index (χ2v) is 6.55. The second kappa shape index (κ2) is 11.9. The lowest BCUT2D eigenvalue weighted by Crippen LogP contribution is -2.40. The highest BCUT2D eigenvalue weighted by Gasteiger charge is 2.22. The van der Waals surface area contributed by atoms with Crippen molar-refractivity contribution in [3.05, 3.63) is 12.7 Å². The lowest BCUT2D eigenvalue weighted by atomic mass is 9.96. The Balaban J connectivity index is 2.10. The number of aliphatic imine (C=N–C) groups is 1. The Morgan fingerprint density at radius 3 is 2.67 bits per heavy atom. The molecule has 0 saturated carbocycles. The van der Waals surface area contributed by atoms with Gasteiger partial charge in [0.05, 0.1) is 0 Å². The van der Waals surface area contributed by atoms with E-state index < -0.39 is 0 Å². The molecule has 0 bridgehead atoms. The molecule has 6 nitrogen and oxygen atoms in total. The minimum Gasteiger partial charge on any atom is -0.369 e. The van der Waals surface area contributed by atoms with Crippen molar-refractivity contribution in [1.82, 2.24) is 15.1 Å². The molecule has 1 saturated heterocycles. The number of rotatable bonds is 10. The van der Waals surface area contributed by atoms with Gasteiger partial charge in [-0.15, -0.1) is 6.58 Å². The minimum absolute atomic E-state index is 0.0860. The normalized spacial score (nSPS) is 16.8. The van der Waals surface area contributed by atoms with Crippen LogP contribution in [0.25, 0.3) is 0 Å². The molecule has 0 unspecified atom stereocenters. The summed E-state index contributed by atoms with van der Waals surface area (Å²) in [5.41, 5.74) is 5.37. The van der Waals surface area contributed by atoms with Crippen molar-refractivity contribution in [3.63, 3.8) is 0 Å². The highest BCUT2D eigenvalue weighted by Crippen LogP contribution is 2.16. The Morgan fingerprint density at radius 1 is 1.38 bits per heavy atom. The molecule has 1 aliphatic heterocycles. The summed E-state index contributed by atoms with van der Waals surface area (Å²) in [7, 11) is 3.90. The Hall–Kier alpha value is -1.56. The molecule has 1 amide bonds. The van der Waals surface area contributed by atoms with Crippen LogP contribution < -0.4 is 11.1 Å². The van der Waals surface area contributed by atoms with Crippen LogP contribution in [0.15, 0.2) is 17.6 Å². The van der Waals surface area contributed by atoms with Gasteiger partial charge in [-0.25, -0.2) is 0 Å². The highest BCUT2D eigenvalue weighted by atomic mass is 16.1. The van der Waals surface area contributed by atoms with E-state index in [0.29, 0.717) is 0 Å². The lowest BCUT2D eigenvalue weighted by Gasteiger charge is -2.30. The van der Waals surface area contributed by atoms with Gasteiger partial charge in [0.2, 0.25) is 5.91 Å². The fourth-order valence-corrected chi connectivity index (χ4v) is 3.07.